The Kier molecular flexibility index (Phi) is 35.7. The number of carbonyl (C=O) groups excluding carboxylic acids is 10. The van der Waals surface area contributed by atoms with E-state index < -0.39 is 142 Å². The van der Waals surface area contributed by atoms with E-state index in [0.29, 0.717) is 32.1 Å². The average Bonchev–Trinajstić information content (AvgIpc) is 3.39. The first-order chi connectivity index (χ1) is 37.7. The Bertz CT molecular complexity index is 2010. The topological polar surface area (TPSA) is 319 Å². The lowest BCUT2D eigenvalue weighted by atomic mass is 10.1. The van der Waals surface area contributed by atoms with Crippen molar-refractivity contribution in [2.24, 2.45) is 5.73 Å². The molecule has 10 amide bonds. The third-order valence-electron chi connectivity index (χ3n) is 14.6. The van der Waals surface area contributed by atoms with Gasteiger partial charge in [0.15, 0.2) is 0 Å². The van der Waals surface area contributed by atoms with Gasteiger partial charge in [-0.2, -0.15) is 0 Å². The van der Waals surface area contributed by atoms with Crippen LogP contribution in [0.25, 0.3) is 0 Å². The third kappa shape index (κ3) is 27.4. The maximum Gasteiger partial charge on any atom is 0.242 e. The number of hydrogen-bond donors (Lipinski definition) is 6. The fraction of sp³-hybridized carbons (Fsp3) is 0.821. The molecular weight excluding hydrogens is 1050 g/mol. The molecule has 0 aromatic rings. The van der Waals surface area contributed by atoms with Gasteiger partial charge in [0.1, 0.15) is 26.2 Å². The summed E-state index contributed by atoms with van der Waals surface area (Å²) >= 11 is 0. The molecule has 0 saturated carbocycles. The van der Waals surface area contributed by atoms with Gasteiger partial charge in [-0.1, -0.05) is 41.5 Å². The molecule has 0 rings (SSSR count). The Hall–Kier alpha value is -5.50. The summed E-state index contributed by atoms with van der Waals surface area (Å²) in [4.78, 5) is 149. The monoisotopic (exact) mass is 1160 g/mol. The highest BCUT2D eigenvalue weighted by Crippen LogP contribution is 2.15. The zero-order valence-corrected chi connectivity index (χ0v) is 51.9. The number of rotatable bonds is 40. The minimum absolute atomic E-state index is 0.0168. The molecule has 25 heteroatoms. The number of nitrogens with zero attached hydrogens (tertiary/aromatic N) is 9. The number of nitrogens with two attached hydrogens (primary N) is 1. The summed E-state index contributed by atoms with van der Waals surface area (Å²) in [5.74, 6) is -6.53. The zero-order chi connectivity index (χ0) is 62.6. The smallest absolute Gasteiger partial charge is 0.242 e. The highest BCUT2D eigenvalue weighted by molar-refractivity contribution is 5.94. The van der Waals surface area contributed by atoms with E-state index in [4.69, 9.17) is 5.73 Å². The van der Waals surface area contributed by atoms with Crippen molar-refractivity contribution < 1.29 is 68.4 Å². The molecule has 0 spiro atoms. The Balaban J connectivity index is 6.88. The van der Waals surface area contributed by atoms with Crippen molar-refractivity contribution in [3.05, 3.63) is 0 Å². The van der Waals surface area contributed by atoms with Crippen LogP contribution in [0.2, 0.25) is 0 Å². The maximum absolute atomic E-state index is 14.5. The SMILES string of the molecule is CCC(C)NCC(=O)N(CC(=O)N(CC(=O)N(CC(=O)N(CC(=O)N(CC(=O)N(CC(=O)N(CC(=O)N(CC(=O)N(CC(N)=O)C(C)CC)C(C)CC)CC(C)O)CC(C)O)C(C)CC)C(C)CC)CC(C)O)CC(C)O)C(C)CC. The van der Waals surface area contributed by atoms with Crippen molar-refractivity contribution in [2.75, 3.05) is 91.6 Å². The van der Waals surface area contributed by atoms with Crippen LogP contribution in [0.1, 0.15) is 149 Å². The summed E-state index contributed by atoms with van der Waals surface area (Å²) in [6, 6.07) is -2.37. The van der Waals surface area contributed by atoms with E-state index in [1.54, 1.807) is 55.4 Å². The van der Waals surface area contributed by atoms with Gasteiger partial charge in [-0.15, -0.1) is 0 Å². The second-order valence-corrected chi connectivity index (χ2v) is 22.0. The number of carbonyl (C=O) groups is 10. The van der Waals surface area contributed by atoms with E-state index in [0.717, 1.165) is 26.0 Å². The standard InChI is InChI=1S/C56H105N11O14/c1-17-37(7)58-23-48(73)64(39(9)19-3)33-51(76)59(24-43(13)68)29-49(74)62(27-46(16)71)32-54(79)67(42(12)22-6)36-56(81)65(40(10)20-4)34-52(77)60(25-44(14)69)30-50(75)61(26-45(15)70)31-53(78)66(41(11)21-5)35-55(80)63(28-47(57)72)38(8)18-2/h37-46,58,68-71H,17-36H2,1-16H3,(H2,57,72). The van der Waals surface area contributed by atoms with Crippen molar-refractivity contribution >= 4 is 59.1 Å². The highest BCUT2D eigenvalue weighted by atomic mass is 16.3. The first-order valence-corrected chi connectivity index (χ1v) is 29.1. The molecule has 81 heavy (non-hydrogen) atoms. The van der Waals surface area contributed by atoms with Crippen LogP contribution in [0, 0.1) is 0 Å². The van der Waals surface area contributed by atoms with Gasteiger partial charge < -0.3 is 75.6 Å². The summed E-state index contributed by atoms with van der Waals surface area (Å²) in [6.07, 6.45) is -1.60. The maximum atomic E-state index is 14.5. The first kappa shape index (κ1) is 75.5. The molecule has 468 valence electrons. The fourth-order valence-corrected chi connectivity index (χ4v) is 8.52. The first-order valence-electron chi connectivity index (χ1n) is 29.1. The van der Waals surface area contributed by atoms with Gasteiger partial charge in [0, 0.05) is 62.4 Å². The summed E-state index contributed by atoms with van der Waals surface area (Å²) in [5, 5.41) is 45.2. The average molecular weight is 1160 g/mol. The molecule has 0 saturated heterocycles. The molecule has 10 unspecified atom stereocenters. The van der Waals surface area contributed by atoms with E-state index in [1.807, 2.05) is 27.7 Å². The van der Waals surface area contributed by atoms with Crippen molar-refractivity contribution in [3.8, 4) is 0 Å². The lowest BCUT2D eigenvalue weighted by Gasteiger charge is -2.36. The normalized spacial score (nSPS) is 15.0. The van der Waals surface area contributed by atoms with Gasteiger partial charge in [-0.25, -0.2) is 0 Å². The predicted octanol–water partition coefficient (Wildman–Crippen LogP) is -0.167. The number of primary amides is 1. The van der Waals surface area contributed by atoms with Crippen molar-refractivity contribution in [1.29, 1.82) is 0 Å². The van der Waals surface area contributed by atoms with E-state index in [1.165, 1.54) is 52.2 Å². The summed E-state index contributed by atoms with van der Waals surface area (Å²) < 4.78 is 0. The predicted molar refractivity (Wildman–Crippen MR) is 307 cm³/mol. The summed E-state index contributed by atoms with van der Waals surface area (Å²) in [5.41, 5.74) is 5.44. The van der Waals surface area contributed by atoms with Crippen LogP contribution in [-0.4, -0.2) is 276 Å². The molecule has 0 aromatic heterocycles. The van der Waals surface area contributed by atoms with Gasteiger partial charge in [0.05, 0.1) is 63.7 Å². The molecule has 0 aliphatic heterocycles. The summed E-state index contributed by atoms with van der Waals surface area (Å²) in [6.45, 7) is 21.0. The third-order valence-corrected chi connectivity index (χ3v) is 14.6. The number of amides is 10. The van der Waals surface area contributed by atoms with Gasteiger partial charge in [0.25, 0.3) is 0 Å². The van der Waals surface area contributed by atoms with Gasteiger partial charge in [-0.3, -0.25) is 47.9 Å². The van der Waals surface area contributed by atoms with Gasteiger partial charge in [-0.05, 0) is 108 Å². The molecular formula is C56H105N11O14. The number of hydrogen-bond acceptors (Lipinski definition) is 15. The molecule has 0 aliphatic carbocycles. The van der Waals surface area contributed by atoms with Crippen LogP contribution in [-0.2, 0) is 47.9 Å². The molecule has 0 radical (unpaired) electrons. The lowest BCUT2D eigenvalue weighted by molar-refractivity contribution is -0.152. The van der Waals surface area contributed by atoms with Crippen LogP contribution >= 0.6 is 0 Å². The molecule has 0 aromatic carbocycles. The van der Waals surface area contributed by atoms with Crippen LogP contribution < -0.4 is 11.1 Å². The van der Waals surface area contributed by atoms with E-state index in [-0.39, 0.29) is 69.8 Å². The van der Waals surface area contributed by atoms with Gasteiger partial charge >= 0.3 is 0 Å². The van der Waals surface area contributed by atoms with Crippen LogP contribution in [0.4, 0.5) is 0 Å². The van der Waals surface area contributed by atoms with Crippen molar-refractivity contribution in [3.63, 3.8) is 0 Å². The van der Waals surface area contributed by atoms with Crippen LogP contribution in [0.15, 0.2) is 0 Å². The summed E-state index contributed by atoms with van der Waals surface area (Å²) in [7, 11) is 0. The fourth-order valence-electron chi connectivity index (χ4n) is 8.52. The Morgan fingerprint density at radius 3 is 0.765 bits per heavy atom. The van der Waals surface area contributed by atoms with E-state index in [2.05, 4.69) is 5.32 Å². The van der Waals surface area contributed by atoms with Gasteiger partial charge in [0.2, 0.25) is 59.1 Å². The van der Waals surface area contributed by atoms with E-state index in [9.17, 15) is 68.4 Å². The molecule has 0 heterocycles. The molecule has 0 bridgehead atoms. The second-order valence-electron chi connectivity index (χ2n) is 22.0. The number of aliphatic hydroxyl groups is 4. The lowest BCUT2D eigenvalue weighted by Crippen LogP contribution is -2.56. The largest absolute Gasteiger partial charge is 0.392 e. The Labute approximate surface area is 482 Å². The minimum atomic E-state index is -1.17. The minimum Gasteiger partial charge on any atom is -0.392 e. The highest BCUT2D eigenvalue weighted by Gasteiger charge is 2.35. The molecule has 25 nitrogen and oxygen atoms in total. The van der Waals surface area contributed by atoms with Crippen molar-refractivity contribution in [2.45, 2.75) is 210 Å². The molecule has 7 N–H and O–H groups in total. The zero-order valence-electron chi connectivity index (χ0n) is 51.9. The van der Waals surface area contributed by atoms with E-state index >= 15 is 0 Å². The second kappa shape index (κ2) is 38.3. The molecule has 0 fully saturated rings. The molecule has 0 aliphatic rings. The van der Waals surface area contributed by atoms with Crippen LogP contribution in [0.5, 0.6) is 0 Å². The molecule has 10 atom stereocenters. The van der Waals surface area contributed by atoms with Crippen molar-refractivity contribution in [1.82, 2.24) is 49.4 Å². The Morgan fingerprint density at radius 2 is 0.531 bits per heavy atom. The quantitative estimate of drug-likeness (QED) is 0.0464. The van der Waals surface area contributed by atoms with Crippen LogP contribution in [0.3, 0.4) is 0 Å². The number of aliphatic hydroxyl groups excluding tert-OH is 4. The Morgan fingerprint density at radius 1 is 0.321 bits per heavy atom. The number of nitrogens with one attached hydrogen (secondary N) is 1.